The summed E-state index contributed by atoms with van der Waals surface area (Å²) in [6.07, 6.45) is 0.728. The fraction of sp³-hybridized carbons (Fsp3) is 0.500. The molecule has 1 fully saturated rings. The van der Waals surface area contributed by atoms with Crippen LogP contribution in [0.4, 0.5) is 0 Å². The second-order valence-corrected chi connectivity index (χ2v) is 7.45. The predicted octanol–water partition coefficient (Wildman–Crippen LogP) is 1.76. The van der Waals surface area contributed by atoms with Gasteiger partial charge in [-0.25, -0.2) is 8.42 Å². The first-order valence-electron chi connectivity index (χ1n) is 5.70. The Morgan fingerprint density at radius 1 is 1.22 bits per heavy atom. The zero-order valence-electron chi connectivity index (χ0n) is 9.80. The fourth-order valence-corrected chi connectivity index (χ4v) is 3.95. The summed E-state index contributed by atoms with van der Waals surface area (Å²) in [4.78, 5) is 0.241. The van der Waals surface area contributed by atoms with Gasteiger partial charge >= 0.3 is 0 Å². The maximum absolute atomic E-state index is 12.2. The molecule has 1 aliphatic heterocycles. The number of sulfone groups is 1. The van der Waals surface area contributed by atoms with E-state index in [4.69, 9.17) is 4.74 Å². The summed E-state index contributed by atoms with van der Waals surface area (Å²) in [6.45, 7) is 0.818. The third kappa shape index (κ3) is 3.32. The number of aliphatic hydroxyl groups is 1. The molecule has 1 heterocycles. The van der Waals surface area contributed by atoms with E-state index in [9.17, 15) is 13.5 Å². The Kier molecular flexibility index (Phi) is 4.11. The molecular weight excluding hydrogens is 320 g/mol. The maximum Gasteiger partial charge on any atom is 0.181 e. The molecule has 0 unspecified atom stereocenters. The van der Waals surface area contributed by atoms with Gasteiger partial charge in [0, 0.05) is 30.5 Å². The molecule has 1 aromatic carbocycles. The number of ether oxygens (including phenoxy) is 1. The van der Waals surface area contributed by atoms with Gasteiger partial charge in [0.2, 0.25) is 0 Å². The van der Waals surface area contributed by atoms with E-state index in [0.717, 1.165) is 4.47 Å². The molecule has 0 amide bonds. The van der Waals surface area contributed by atoms with Gasteiger partial charge in [-0.2, -0.15) is 0 Å². The zero-order chi connectivity index (χ0) is 13.2. The van der Waals surface area contributed by atoms with E-state index < -0.39 is 15.4 Å². The van der Waals surface area contributed by atoms with Crippen molar-refractivity contribution in [3.8, 4) is 0 Å². The zero-order valence-corrected chi connectivity index (χ0v) is 12.2. The van der Waals surface area contributed by atoms with Crippen LogP contribution in [0.5, 0.6) is 0 Å². The highest BCUT2D eigenvalue weighted by Gasteiger charge is 2.35. The Hall–Kier alpha value is -0.430. The molecule has 1 aromatic rings. The molecule has 2 rings (SSSR count). The minimum atomic E-state index is -3.46. The van der Waals surface area contributed by atoms with E-state index in [-0.39, 0.29) is 10.6 Å². The molecule has 0 saturated carbocycles. The van der Waals surface area contributed by atoms with Gasteiger partial charge in [0.1, 0.15) is 0 Å². The Morgan fingerprint density at radius 2 is 1.78 bits per heavy atom. The van der Waals surface area contributed by atoms with Crippen molar-refractivity contribution in [2.75, 3.05) is 19.0 Å². The molecule has 0 bridgehead atoms. The molecule has 0 spiro atoms. The number of halogens is 1. The Bertz CT molecular complexity index is 503. The normalized spacial score (nSPS) is 19.7. The summed E-state index contributed by atoms with van der Waals surface area (Å²) in [6, 6.07) is 6.45. The van der Waals surface area contributed by atoms with E-state index in [0.29, 0.717) is 26.1 Å². The lowest BCUT2D eigenvalue weighted by molar-refractivity contribution is -0.0485. The lowest BCUT2D eigenvalue weighted by Crippen LogP contribution is -2.42. The van der Waals surface area contributed by atoms with Crippen LogP contribution in [0, 0.1) is 0 Å². The van der Waals surface area contributed by atoms with E-state index in [1.165, 1.54) is 0 Å². The van der Waals surface area contributed by atoms with Crippen LogP contribution in [-0.4, -0.2) is 38.1 Å². The molecule has 18 heavy (non-hydrogen) atoms. The van der Waals surface area contributed by atoms with Crippen molar-refractivity contribution in [3.63, 3.8) is 0 Å². The molecule has 1 saturated heterocycles. The summed E-state index contributed by atoms with van der Waals surface area (Å²) in [5.41, 5.74) is -1.16. The van der Waals surface area contributed by atoms with Crippen molar-refractivity contribution < 1.29 is 18.3 Å². The summed E-state index contributed by atoms with van der Waals surface area (Å²) in [7, 11) is -3.46. The first-order chi connectivity index (χ1) is 8.41. The Labute approximate surface area is 115 Å². The molecule has 0 atom stereocenters. The van der Waals surface area contributed by atoms with Crippen molar-refractivity contribution in [2.45, 2.75) is 23.3 Å². The predicted molar refractivity (Wildman–Crippen MR) is 71.2 cm³/mol. The molecule has 0 aromatic heterocycles. The SMILES string of the molecule is O=S(=O)(CC1(O)CCOCC1)c1ccc(Br)cc1. The van der Waals surface area contributed by atoms with E-state index >= 15 is 0 Å². The summed E-state index contributed by atoms with van der Waals surface area (Å²) in [5.74, 6) is -0.245. The molecule has 0 aliphatic carbocycles. The number of hydrogen-bond donors (Lipinski definition) is 1. The van der Waals surface area contributed by atoms with E-state index in [1.54, 1.807) is 24.3 Å². The van der Waals surface area contributed by atoms with Crippen LogP contribution in [0.3, 0.4) is 0 Å². The lowest BCUT2D eigenvalue weighted by Gasteiger charge is -2.31. The van der Waals surface area contributed by atoms with Crippen molar-refractivity contribution in [3.05, 3.63) is 28.7 Å². The first-order valence-corrected chi connectivity index (χ1v) is 8.14. The van der Waals surface area contributed by atoms with Crippen molar-refractivity contribution in [1.82, 2.24) is 0 Å². The van der Waals surface area contributed by atoms with E-state index in [2.05, 4.69) is 15.9 Å². The second kappa shape index (κ2) is 5.28. The van der Waals surface area contributed by atoms with Crippen LogP contribution in [0.1, 0.15) is 12.8 Å². The fourth-order valence-electron chi connectivity index (χ4n) is 1.97. The average molecular weight is 335 g/mol. The highest BCUT2D eigenvalue weighted by Crippen LogP contribution is 2.26. The number of hydrogen-bond acceptors (Lipinski definition) is 4. The van der Waals surface area contributed by atoms with Gasteiger partial charge in [-0.1, -0.05) is 15.9 Å². The smallest absolute Gasteiger partial charge is 0.181 e. The van der Waals surface area contributed by atoms with Crippen LogP contribution in [0.25, 0.3) is 0 Å². The second-order valence-electron chi connectivity index (χ2n) is 4.55. The Morgan fingerprint density at radius 3 is 2.33 bits per heavy atom. The minimum absolute atomic E-state index is 0.241. The average Bonchev–Trinajstić information content (AvgIpc) is 2.29. The molecule has 6 heteroatoms. The van der Waals surface area contributed by atoms with Gasteiger partial charge in [0.05, 0.1) is 16.2 Å². The van der Waals surface area contributed by atoms with Gasteiger partial charge < -0.3 is 9.84 Å². The van der Waals surface area contributed by atoms with Crippen LogP contribution >= 0.6 is 15.9 Å². The number of rotatable bonds is 3. The van der Waals surface area contributed by atoms with Crippen LogP contribution in [-0.2, 0) is 14.6 Å². The third-order valence-electron chi connectivity index (χ3n) is 3.05. The lowest BCUT2D eigenvalue weighted by atomic mass is 9.97. The van der Waals surface area contributed by atoms with Crippen molar-refractivity contribution >= 4 is 25.8 Å². The van der Waals surface area contributed by atoms with Gasteiger partial charge in [-0.3, -0.25) is 0 Å². The van der Waals surface area contributed by atoms with Crippen molar-refractivity contribution in [1.29, 1.82) is 0 Å². The van der Waals surface area contributed by atoms with Gasteiger partial charge in [0.15, 0.2) is 9.84 Å². The van der Waals surface area contributed by atoms with Gasteiger partial charge in [-0.15, -0.1) is 0 Å². The summed E-state index contributed by atoms with van der Waals surface area (Å²) >= 11 is 3.26. The Balaban J connectivity index is 2.18. The summed E-state index contributed by atoms with van der Waals surface area (Å²) in [5, 5.41) is 10.3. The van der Waals surface area contributed by atoms with Crippen LogP contribution < -0.4 is 0 Å². The molecule has 100 valence electrons. The molecular formula is C12H15BrO4S. The topological polar surface area (TPSA) is 63.6 Å². The standard InChI is InChI=1S/C12H15BrO4S/c13-10-1-3-11(4-2-10)18(15,16)9-12(14)5-7-17-8-6-12/h1-4,14H,5-9H2. The third-order valence-corrected chi connectivity index (χ3v) is 5.49. The minimum Gasteiger partial charge on any atom is -0.389 e. The van der Waals surface area contributed by atoms with Crippen molar-refractivity contribution in [2.24, 2.45) is 0 Å². The molecule has 1 aliphatic rings. The molecule has 4 nitrogen and oxygen atoms in total. The molecule has 1 N–H and O–H groups in total. The van der Waals surface area contributed by atoms with Crippen LogP contribution in [0.2, 0.25) is 0 Å². The quantitative estimate of drug-likeness (QED) is 0.914. The first kappa shape index (κ1) is 14.0. The molecule has 0 radical (unpaired) electrons. The highest BCUT2D eigenvalue weighted by molar-refractivity contribution is 9.10. The monoisotopic (exact) mass is 334 g/mol. The van der Waals surface area contributed by atoms with Gasteiger partial charge in [-0.05, 0) is 24.3 Å². The van der Waals surface area contributed by atoms with Gasteiger partial charge in [0.25, 0.3) is 0 Å². The maximum atomic E-state index is 12.2. The van der Waals surface area contributed by atoms with E-state index in [1.807, 2.05) is 0 Å². The van der Waals surface area contributed by atoms with Crippen LogP contribution in [0.15, 0.2) is 33.6 Å². The summed E-state index contributed by atoms with van der Waals surface area (Å²) < 4.78 is 30.4. The largest absolute Gasteiger partial charge is 0.389 e. The number of benzene rings is 1. The highest BCUT2D eigenvalue weighted by atomic mass is 79.9.